The van der Waals surface area contributed by atoms with E-state index in [1.54, 1.807) is 31.4 Å². The molecule has 0 fully saturated rings. The molecular weight excluding hydrogens is 390 g/mol. The first-order valence-corrected chi connectivity index (χ1v) is 9.41. The first kappa shape index (κ1) is 20.3. The topological polar surface area (TPSA) is 130 Å². The summed E-state index contributed by atoms with van der Waals surface area (Å²) in [5.41, 5.74) is 3.01. The molecule has 0 bridgehead atoms. The zero-order valence-corrected chi connectivity index (χ0v) is 16.8. The molecule has 0 saturated carbocycles. The lowest BCUT2D eigenvalue weighted by Gasteiger charge is -2.12. The number of carbonyl (C=O) groups is 1. The molecule has 8 nitrogen and oxygen atoms in total. The van der Waals surface area contributed by atoms with Gasteiger partial charge in [0.1, 0.15) is 11.2 Å². The number of fused-ring (bicyclic) bond motifs is 1. The van der Waals surface area contributed by atoms with Gasteiger partial charge < -0.3 is 15.6 Å². The lowest BCUT2D eigenvalue weighted by atomic mass is 10.1. The summed E-state index contributed by atoms with van der Waals surface area (Å²) in [4.78, 5) is 24.4. The Morgan fingerprint density at radius 1 is 1.41 bits per heavy atom. The number of hydrogen-bond donors (Lipinski definition) is 4. The minimum atomic E-state index is -0.304. The van der Waals surface area contributed by atoms with Gasteiger partial charge in [0.25, 0.3) is 5.91 Å². The van der Waals surface area contributed by atoms with Gasteiger partial charge in [-0.2, -0.15) is 5.26 Å². The molecule has 9 heteroatoms. The molecule has 3 rings (SSSR count). The Balaban J connectivity index is 1.92. The number of amides is 1. The summed E-state index contributed by atoms with van der Waals surface area (Å²) in [6, 6.07) is 7.10. The summed E-state index contributed by atoms with van der Waals surface area (Å²) in [5, 5.41) is 23.7. The number of nitrogens with zero attached hydrogens (tertiary/aromatic N) is 3. The quantitative estimate of drug-likeness (QED) is 0.443. The van der Waals surface area contributed by atoms with Crippen LogP contribution in [0.15, 0.2) is 30.6 Å². The lowest BCUT2D eigenvalue weighted by molar-refractivity contribution is 0.0940. The number of carbonyl (C=O) groups excluding carboxylic acids is 1. The highest BCUT2D eigenvalue weighted by Crippen LogP contribution is 2.24. The normalized spacial score (nSPS) is 11.7. The minimum Gasteiger partial charge on any atom is -0.388 e. The molecule has 29 heavy (non-hydrogen) atoms. The molecule has 1 atom stereocenters. The summed E-state index contributed by atoms with van der Waals surface area (Å²) in [7, 11) is 1.75. The van der Waals surface area contributed by atoms with Crippen LogP contribution in [-0.4, -0.2) is 39.7 Å². The van der Waals surface area contributed by atoms with E-state index < -0.39 is 0 Å². The molecule has 1 unspecified atom stereocenters. The molecular formula is C20H20ClN7O. The molecule has 3 aromatic rings. The number of aromatic nitrogens is 3. The average molecular weight is 410 g/mol. The number of aromatic amines is 1. The zero-order valence-electron chi connectivity index (χ0n) is 16.0. The van der Waals surface area contributed by atoms with Gasteiger partial charge in [-0.05, 0) is 31.5 Å². The number of hydrogen-bond acceptors (Lipinski definition) is 6. The molecule has 1 aromatic carbocycles. The molecule has 2 heterocycles. The third kappa shape index (κ3) is 4.36. The standard InChI is InChI=1S/C20H20ClN7O/c1-11(4-3-7-22)27-20(29)14-9-25-19-18(14)28-16(10-26-19)17(23)13-6-5-12(21)8-15(13)24-2/h5-6,8-11,23-24H,3-4H2,1-2H3,(H,25,26)(H,27,29). The van der Waals surface area contributed by atoms with Crippen LogP contribution < -0.4 is 10.6 Å². The fraction of sp³-hybridized carbons (Fsp3) is 0.250. The lowest BCUT2D eigenvalue weighted by Crippen LogP contribution is -2.32. The fourth-order valence-electron chi connectivity index (χ4n) is 2.92. The van der Waals surface area contributed by atoms with Crippen molar-refractivity contribution >= 4 is 40.1 Å². The Bertz CT molecular complexity index is 1120. The van der Waals surface area contributed by atoms with E-state index in [1.807, 2.05) is 6.92 Å². The highest BCUT2D eigenvalue weighted by molar-refractivity contribution is 6.31. The summed E-state index contributed by atoms with van der Waals surface area (Å²) >= 11 is 6.03. The summed E-state index contributed by atoms with van der Waals surface area (Å²) in [6.07, 6.45) is 3.97. The van der Waals surface area contributed by atoms with E-state index in [9.17, 15) is 4.79 Å². The van der Waals surface area contributed by atoms with Gasteiger partial charge in [-0.25, -0.2) is 9.97 Å². The van der Waals surface area contributed by atoms with Crippen LogP contribution in [0.3, 0.4) is 0 Å². The number of H-pyrrole nitrogens is 1. The van der Waals surface area contributed by atoms with Crippen molar-refractivity contribution in [1.29, 1.82) is 10.7 Å². The van der Waals surface area contributed by atoms with E-state index in [-0.39, 0.29) is 17.7 Å². The van der Waals surface area contributed by atoms with E-state index in [0.29, 0.717) is 51.5 Å². The highest BCUT2D eigenvalue weighted by atomic mass is 35.5. The van der Waals surface area contributed by atoms with Crippen LogP contribution in [0.4, 0.5) is 5.69 Å². The molecule has 0 aliphatic carbocycles. The van der Waals surface area contributed by atoms with E-state index in [0.717, 1.165) is 0 Å². The third-order valence-corrected chi connectivity index (χ3v) is 4.70. The number of benzene rings is 1. The molecule has 2 aromatic heterocycles. The van der Waals surface area contributed by atoms with Gasteiger partial charge in [0.2, 0.25) is 0 Å². The second kappa shape index (κ2) is 8.71. The van der Waals surface area contributed by atoms with Crippen molar-refractivity contribution in [3.8, 4) is 6.07 Å². The van der Waals surface area contributed by atoms with Gasteiger partial charge >= 0.3 is 0 Å². The van der Waals surface area contributed by atoms with Crippen molar-refractivity contribution in [3.05, 3.63) is 52.4 Å². The van der Waals surface area contributed by atoms with E-state index in [2.05, 4.69) is 31.7 Å². The summed E-state index contributed by atoms with van der Waals surface area (Å²) < 4.78 is 0. The maximum atomic E-state index is 12.6. The maximum absolute atomic E-state index is 12.6. The van der Waals surface area contributed by atoms with Crippen molar-refractivity contribution < 1.29 is 4.79 Å². The summed E-state index contributed by atoms with van der Waals surface area (Å²) in [6.45, 7) is 1.84. The van der Waals surface area contributed by atoms with E-state index in [4.69, 9.17) is 22.3 Å². The Labute approximate surface area is 172 Å². The van der Waals surface area contributed by atoms with Crippen molar-refractivity contribution in [2.75, 3.05) is 12.4 Å². The van der Waals surface area contributed by atoms with Crippen LogP contribution in [0.1, 0.15) is 41.4 Å². The average Bonchev–Trinajstić information content (AvgIpc) is 3.15. The highest BCUT2D eigenvalue weighted by Gasteiger charge is 2.19. The van der Waals surface area contributed by atoms with Crippen molar-refractivity contribution in [3.63, 3.8) is 0 Å². The smallest absolute Gasteiger partial charge is 0.255 e. The van der Waals surface area contributed by atoms with Crippen molar-refractivity contribution in [1.82, 2.24) is 20.3 Å². The van der Waals surface area contributed by atoms with Gasteiger partial charge in [0.15, 0.2) is 5.65 Å². The van der Waals surface area contributed by atoms with E-state index >= 15 is 0 Å². The molecule has 1 amide bonds. The number of anilines is 1. The zero-order chi connectivity index (χ0) is 21.0. The Morgan fingerprint density at radius 2 is 2.21 bits per heavy atom. The Kier molecular flexibility index (Phi) is 6.10. The number of rotatable bonds is 7. The van der Waals surface area contributed by atoms with Crippen LogP contribution in [0.5, 0.6) is 0 Å². The van der Waals surface area contributed by atoms with Crippen LogP contribution in [-0.2, 0) is 0 Å². The second-order valence-electron chi connectivity index (χ2n) is 6.54. The Morgan fingerprint density at radius 3 is 2.93 bits per heavy atom. The fourth-order valence-corrected chi connectivity index (χ4v) is 3.09. The van der Waals surface area contributed by atoms with Crippen molar-refractivity contribution in [2.24, 2.45) is 0 Å². The van der Waals surface area contributed by atoms with Gasteiger partial charge in [0.05, 0.1) is 23.5 Å². The van der Waals surface area contributed by atoms with Gasteiger partial charge in [-0.3, -0.25) is 10.2 Å². The summed E-state index contributed by atoms with van der Waals surface area (Å²) in [5.74, 6) is -0.304. The van der Waals surface area contributed by atoms with Crippen molar-refractivity contribution in [2.45, 2.75) is 25.8 Å². The van der Waals surface area contributed by atoms with Crippen LogP contribution in [0.2, 0.25) is 5.02 Å². The molecule has 0 aliphatic rings. The predicted octanol–water partition coefficient (Wildman–Crippen LogP) is 3.49. The minimum absolute atomic E-state index is 0.145. The third-order valence-electron chi connectivity index (χ3n) is 4.47. The Hall–Kier alpha value is -3.44. The first-order chi connectivity index (χ1) is 13.9. The van der Waals surface area contributed by atoms with Gasteiger partial charge in [-0.1, -0.05) is 11.6 Å². The second-order valence-corrected chi connectivity index (χ2v) is 6.98. The number of nitriles is 1. The predicted molar refractivity (Wildman–Crippen MR) is 113 cm³/mol. The maximum Gasteiger partial charge on any atom is 0.255 e. The van der Waals surface area contributed by atoms with Crippen LogP contribution in [0.25, 0.3) is 11.2 Å². The largest absolute Gasteiger partial charge is 0.388 e. The molecule has 4 N–H and O–H groups in total. The van der Waals surface area contributed by atoms with Crippen LogP contribution >= 0.6 is 11.6 Å². The molecule has 0 aliphatic heterocycles. The van der Waals surface area contributed by atoms with E-state index in [1.165, 1.54) is 6.20 Å². The molecule has 0 saturated heterocycles. The van der Waals surface area contributed by atoms with Gasteiger partial charge in [0, 0.05) is 42.0 Å². The number of halogens is 1. The monoisotopic (exact) mass is 409 g/mol. The van der Waals surface area contributed by atoms with Crippen LogP contribution in [0, 0.1) is 16.7 Å². The molecule has 0 radical (unpaired) electrons. The molecule has 148 valence electrons. The first-order valence-electron chi connectivity index (χ1n) is 9.03. The SMILES string of the molecule is CNc1cc(Cl)ccc1C(=N)c1cnc2[nH]cc(C(=O)NC(C)CCC#N)c2n1. The van der Waals surface area contributed by atoms with Gasteiger partial charge in [-0.15, -0.1) is 0 Å². The molecule has 0 spiro atoms. The number of nitrogens with one attached hydrogen (secondary N) is 4.